The van der Waals surface area contributed by atoms with Crippen molar-refractivity contribution < 1.29 is 12.4 Å². The van der Waals surface area contributed by atoms with Gasteiger partial charge in [-0.05, 0) is 64.2 Å². The molecule has 0 saturated heterocycles. The van der Waals surface area contributed by atoms with Gasteiger partial charge < -0.3 is 12.4 Å². The first-order valence-electron chi connectivity index (χ1n) is 9.79. The van der Waals surface area contributed by atoms with Gasteiger partial charge in [0.2, 0.25) is 0 Å². The zero-order chi connectivity index (χ0) is 23.8. The molecule has 0 fully saturated rings. The van der Waals surface area contributed by atoms with Crippen LogP contribution in [0.2, 0.25) is 0 Å². The highest BCUT2D eigenvalue weighted by molar-refractivity contribution is 14.1. The Hall–Kier alpha value is -0.360. The van der Waals surface area contributed by atoms with Crippen molar-refractivity contribution in [1.82, 2.24) is 0 Å². The second-order valence-electron chi connectivity index (χ2n) is 6.39. The summed E-state index contributed by atoms with van der Waals surface area (Å²) in [5.41, 5.74) is 0. The highest BCUT2D eigenvalue weighted by Crippen LogP contribution is 2.53. The zero-order valence-electron chi connectivity index (χ0n) is 17.9. The predicted molar refractivity (Wildman–Crippen MR) is 183 cm³/mol. The van der Waals surface area contributed by atoms with Crippen LogP contribution in [0, 0.1) is 15.7 Å². The van der Waals surface area contributed by atoms with Crippen LogP contribution in [0.15, 0.2) is 121 Å². The van der Waals surface area contributed by atoms with Crippen molar-refractivity contribution in [3.05, 3.63) is 121 Å². The molecule has 172 valence electrons. The molecule has 0 spiro atoms. The third-order valence-corrected chi connectivity index (χ3v) is 12.1. The standard InChI is InChI=1S/C24H20P.2C2I2.ClH/c1-5-13-21(14-6-1)25(22-15-7-2-8-16-22,23-17-9-3-10-18-23)24-19-11-4-12-20-24;2*3-1-2-4;/h1-20H;;;1H/q+1;;;/p-1. The Morgan fingerprint density at radius 1 is 0.353 bits per heavy atom. The highest BCUT2D eigenvalue weighted by Gasteiger charge is 2.47. The highest BCUT2D eigenvalue weighted by atomic mass is 127. The molecule has 4 aromatic rings. The Kier molecular flexibility index (Phi) is 17.6. The monoisotopic (exact) mass is 930 g/mol. The van der Waals surface area contributed by atoms with Gasteiger partial charge in [-0.25, -0.2) is 0 Å². The van der Waals surface area contributed by atoms with Crippen molar-refractivity contribution in [3.8, 4) is 15.7 Å². The number of hydrogen-bond donors (Lipinski definition) is 0. The van der Waals surface area contributed by atoms with Gasteiger partial charge in [-0.2, -0.15) is 0 Å². The summed E-state index contributed by atoms with van der Waals surface area (Å²) in [7, 11) is -1.91. The van der Waals surface area contributed by atoms with Crippen LogP contribution in [0.5, 0.6) is 0 Å². The Balaban J connectivity index is 0.000000563. The number of benzene rings is 4. The summed E-state index contributed by atoms with van der Waals surface area (Å²) in [5, 5.41) is 5.55. The minimum atomic E-state index is -1.91. The minimum absolute atomic E-state index is 0. The molecule has 4 rings (SSSR count). The van der Waals surface area contributed by atoms with Crippen molar-refractivity contribution in [1.29, 1.82) is 0 Å². The zero-order valence-corrected chi connectivity index (χ0v) is 28.2. The normalized spacial score (nSPS) is 9.06. The van der Waals surface area contributed by atoms with Gasteiger partial charge in [0.05, 0.1) is 0 Å². The van der Waals surface area contributed by atoms with Gasteiger partial charge in [0, 0.05) is 90.4 Å². The quantitative estimate of drug-likeness (QED) is 0.156. The molecule has 0 N–H and O–H groups in total. The lowest BCUT2D eigenvalue weighted by molar-refractivity contribution is -0.00000579. The van der Waals surface area contributed by atoms with Crippen LogP contribution < -0.4 is 33.6 Å². The van der Waals surface area contributed by atoms with Crippen molar-refractivity contribution in [2.45, 2.75) is 0 Å². The third-order valence-electron chi connectivity index (χ3n) is 4.65. The van der Waals surface area contributed by atoms with Crippen LogP contribution in [0.4, 0.5) is 0 Å². The molecule has 0 bridgehead atoms. The molecule has 0 unspecified atom stereocenters. The minimum Gasteiger partial charge on any atom is -1.00 e. The maximum absolute atomic E-state index is 2.64. The van der Waals surface area contributed by atoms with Crippen LogP contribution in [-0.4, -0.2) is 0 Å². The molecule has 0 heterocycles. The summed E-state index contributed by atoms with van der Waals surface area (Å²) < 4.78 is 10.5. The summed E-state index contributed by atoms with van der Waals surface area (Å²) in [6, 6.07) is 43.8. The SMILES string of the molecule is IC#CI.IC#CI.[Cl-].c1ccc([P+](c2ccccc2)(c2ccccc2)c2ccccc2)cc1. The first kappa shape index (κ1) is 31.7. The van der Waals surface area contributed by atoms with Crippen LogP contribution in [0.1, 0.15) is 0 Å². The maximum Gasteiger partial charge on any atom is 0.144 e. The smallest absolute Gasteiger partial charge is 0.144 e. The topological polar surface area (TPSA) is 0 Å². The lowest BCUT2D eigenvalue weighted by atomic mass is 10.3. The van der Waals surface area contributed by atoms with Crippen molar-refractivity contribution in [2.24, 2.45) is 0 Å². The van der Waals surface area contributed by atoms with Gasteiger partial charge in [-0.15, -0.1) is 0 Å². The first-order chi connectivity index (χ1) is 16.2. The number of rotatable bonds is 4. The van der Waals surface area contributed by atoms with E-state index < -0.39 is 7.26 Å². The summed E-state index contributed by atoms with van der Waals surface area (Å²) >= 11 is 7.93. The lowest BCUT2D eigenvalue weighted by Gasteiger charge is -2.27. The maximum atomic E-state index is 2.64. The molecule has 0 nitrogen and oxygen atoms in total. The summed E-state index contributed by atoms with van der Waals surface area (Å²) in [5.74, 6) is 0. The van der Waals surface area contributed by atoms with E-state index in [1.165, 1.54) is 21.2 Å². The summed E-state index contributed by atoms with van der Waals surface area (Å²) in [4.78, 5) is 0. The Labute approximate surface area is 264 Å². The van der Waals surface area contributed by atoms with Gasteiger partial charge in [0.25, 0.3) is 0 Å². The largest absolute Gasteiger partial charge is 1.00 e. The molecule has 0 aliphatic heterocycles. The first-order valence-corrected chi connectivity index (χ1v) is 15.9. The van der Waals surface area contributed by atoms with Gasteiger partial charge in [0.1, 0.15) is 28.5 Å². The predicted octanol–water partition coefficient (Wildman–Crippen LogP) is 4.86. The molecule has 0 amide bonds. The second-order valence-corrected chi connectivity index (χ2v) is 12.0. The van der Waals surface area contributed by atoms with Crippen molar-refractivity contribution in [3.63, 3.8) is 0 Å². The molecule has 4 aromatic carbocycles. The van der Waals surface area contributed by atoms with E-state index in [1.807, 2.05) is 90.4 Å². The Morgan fingerprint density at radius 2 is 0.529 bits per heavy atom. The van der Waals surface area contributed by atoms with E-state index in [2.05, 4.69) is 137 Å². The van der Waals surface area contributed by atoms with Crippen molar-refractivity contribution >= 4 is 119 Å². The van der Waals surface area contributed by atoms with Crippen LogP contribution in [-0.2, 0) is 0 Å². The number of halogens is 5. The second kappa shape index (κ2) is 18.8. The van der Waals surface area contributed by atoms with E-state index in [9.17, 15) is 0 Å². The van der Waals surface area contributed by atoms with Crippen LogP contribution >= 0.6 is 97.6 Å². The molecule has 0 atom stereocenters. The van der Waals surface area contributed by atoms with Crippen LogP contribution in [0.3, 0.4) is 0 Å². The third kappa shape index (κ3) is 8.94. The summed E-state index contributed by atoms with van der Waals surface area (Å²) in [6.45, 7) is 0. The fraction of sp³-hybridized carbons (Fsp3) is 0. The molecule has 6 heteroatoms. The Bertz CT molecular complexity index is 1000. The molecule has 0 aromatic heterocycles. The van der Waals surface area contributed by atoms with Gasteiger partial charge >= 0.3 is 0 Å². The molecule has 0 radical (unpaired) electrons. The number of hydrogen-bond acceptors (Lipinski definition) is 0. The van der Waals surface area contributed by atoms with E-state index in [0.29, 0.717) is 0 Å². The molecule has 34 heavy (non-hydrogen) atoms. The molecule has 0 saturated carbocycles. The van der Waals surface area contributed by atoms with E-state index >= 15 is 0 Å². The van der Waals surface area contributed by atoms with Gasteiger partial charge in [-0.3, -0.25) is 0 Å². The Morgan fingerprint density at radius 3 is 0.676 bits per heavy atom. The van der Waals surface area contributed by atoms with Crippen LogP contribution in [0.25, 0.3) is 0 Å². The fourth-order valence-electron chi connectivity index (χ4n) is 3.50. The molecular weight excluding hydrogens is 910 g/mol. The molecule has 0 aliphatic carbocycles. The van der Waals surface area contributed by atoms with Gasteiger partial charge in [0.15, 0.2) is 0 Å². The van der Waals surface area contributed by atoms with Gasteiger partial charge in [-0.1, -0.05) is 72.8 Å². The average molecular weight is 931 g/mol. The van der Waals surface area contributed by atoms with E-state index in [4.69, 9.17) is 0 Å². The summed E-state index contributed by atoms with van der Waals surface area (Å²) in [6.07, 6.45) is 0. The lowest BCUT2D eigenvalue weighted by Crippen LogP contribution is -3.00. The van der Waals surface area contributed by atoms with Crippen molar-refractivity contribution in [2.75, 3.05) is 0 Å². The molecule has 0 aliphatic rings. The van der Waals surface area contributed by atoms with E-state index in [1.54, 1.807) is 0 Å². The average Bonchev–Trinajstić information content (AvgIpc) is 2.92. The molecular formula is C28H20ClI4P. The van der Waals surface area contributed by atoms with E-state index in [0.717, 1.165) is 0 Å². The fourth-order valence-corrected chi connectivity index (χ4v) is 7.77. The van der Waals surface area contributed by atoms with E-state index in [-0.39, 0.29) is 12.4 Å².